The van der Waals surface area contributed by atoms with Crippen LogP contribution in [0.4, 0.5) is 21.9 Å². The second kappa shape index (κ2) is 9.83. The number of rotatable bonds is 6. The van der Waals surface area contributed by atoms with Crippen molar-refractivity contribution in [3.63, 3.8) is 0 Å². The molecule has 0 aromatic heterocycles. The highest BCUT2D eigenvalue weighted by Gasteiger charge is 2.22. The third-order valence-corrected chi connectivity index (χ3v) is 5.74. The number of hydrogen-bond acceptors (Lipinski definition) is 4. The van der Waals surface area contributed by atoms with Gasteiger partial charge in [-0.15, -0.1) is 0 Å². The van der Waals surface area contributed by atoms with Crippen LogP contribution in [-0.2, 0) is 4.74 Å². The maximum Gasteiger partial charge on any atom is 0.323 e. The Labute approximate surface area is 183 Å². The second-order valence-electron chi connectivity index (χ2n) is 8.22. The van der Waals surface area contributed by atoms with E-state index in [1.165, 1.54) is 0 Å². The number of ether oxygens (including phenoxy) is 1. The van der Waals surface area contributed by atoms with Crippen LogP contribution in [0.5, 0.6) is 0 Å². The third kappa shape index (κ3) is 5.55. The molecule has 2 fully saturated rings. The Morgan fingerprint density at radius 2 is 1.81 bits per heavy atom. The van der Waals surface area contributed by atoms with Gasteiger partial charge in [0.05, 0.1) is 11.7 Å². The topological polar surface area (TPSA) is 82.7 Å². The second-order valence-corrected chi connectivity index (χ2v) is 8.22. The molecule has 3 amide bonds. The standard InChI is InChI=1S/C24H30N4O3/c1-17-6-4-7-18(14-17)26-24(30)27-19-9-10-22(28-11-2-3-12-28)21(15-19)23(29)25-16-20-8-5-13-31-20/h4,6-7,9-10,14-15,20H,2-3,5,8,11-13,16H2,1H3,(H,25,29)(H2,26,27,30). The van der Waals surface area contributed by atoms with E-state index in [4.69, 9.17) is 4.74 Å². The molecule has 3 N–H and O–H groups in total. The fourth-order valence-corrected chi connectivity index (χ4v) is 4.15. The smallest absolute Gasteiger partial charge is 0.323 e. The molecule has 2 heterocycles. The first-order valence-electron chi connectivity index (χ1n) is 11.0. The molecule has 1 unspecified atom stereocenters. The van der Waals surface area contributed by atoms with Gasteiger partial charge in [-0.1, -0.05) is 12.1 Å². The molecule has 2 aliphatic heterocycles. The van der Waals surface area contributed by atoms with Crippen LogP contribution in [0.15, 0.2) is 42.5 Å². The Morgan fingerprint density at radius 3 is 2.52 bits per heavy atom. The number of anilines is 3. The van der Waals surface area contributed by atoms with E-state index in [0.717, 1.165) is 62.3 Å². The van der Waals surface area contributed by atoms with E-state index in [2.05, 4.69) is 20.9 Å². The van der Waals surface area contributed by atoms with Gasteiger partial charge in [0.15, 0.2) is 0 Å². The van der Waals surface area contributed by atoms with Gasteiger partial charge >= 0.3 is 6.03 Å². The maximum absolute atomic E-state index is 13.0. The van der Waals surface area contributed by atoms with Crippen LogP contribution in [0.2, 0.25) is 0 Å². The van der Waals surface area contributed by atoms with E-state index in [0.29, 0.717) is 17.8 Å². The molecule has 2 aromatic carbocycles. The number of carbonyl (C=O) groups excluding carboxylic acids is 2. The molecular weight excluding hydrogens is 392 g/mol. The quantitative estimate of drug-likeness (QED) is 0.653. The third-order valence-electron chi connectivity index (χ3n) is 5.74. The summed E-state index contributed by atoms with van der Waals surface area (Å²) in [5, 5.41) is 8.69. The van der Waals surface area contributed by atoms with E-state index in [9.17, 15) is 9.59 Å². The highest BCUT2D eigenvalue weighted by Crippen LogP contribution is 2.28. The van der Waals surface area contributed by atoms with Gasteiger partial charge in [0, 0.05) is 43.3 Å². The van der Waals surface area contributed by atoms with E-state index in [-0.39, 0.29) is 18.0 Å². The molecule has 0 aliphatic carbocycles. The summed E-state index contributed by atoms with van der Waals surface area (Å²) in [6.45, 7) is 5.11. The molecule has 1 atom stereocenters. The number of benzene rings is 2. The van der Waals surface area contributed by atoms with Crippen molar-refractivity contribution in [2.75, 3.05) is 41.8 Å². The van der Waals surface area contributed by atoms with Gasteiger partial charge in [-0.3, -0.25) is 4.79 Å². The maximum atomic E-state index is 13.0. The van der Waals surface area contributed by atoms with Crippen molar-refractivity contribution in [2.45, 2.75) is 38.7 Å². The monoisotopic (exact) mass is 422 g/mol. The summed E-state index contributed by atoms with van der Waals surface area (Å²) < 4.78 is 5.62. The largest absolute Gasteiger partial charge is 0.376 e. The molecule has 0 radical (unpaired) electrons. The molecule has 2 saturated heterocycles. The minimum Gasteiger partial charge on any atom is -0.376 e. The number of nitrogens with one attached hydrogen (secondary N) is 3. The number of aryl methyl sites for hydroxylation is 1. The van der Waals surface area contributed by atoms with Crippen molar-refractivity contribution < 1.29 is 14.3 Å². The molecule has 4 rings (SSSR count). The molecule has 31 heavy (non-hydrogen) atoms. The van der Waals surface area contributed by atoms with E-state index in [1.54, 1.807) is 6.07 Å². The van der Waals surface area contributed by atoms with Gasteiger partial charge in [0.1, 0.15) is 0 Å². The van der Waals surface area contributed by atoms with Gasteiger partial charge in [0.2, 0.25) is 0 Å². The highest BCUT2D eigenvalue weighted by molar-refractivity contribution is 6.04. The molecule has 2 aliphatic rings. The fourth-order valence-electron chi connectivity index (χ4n) is 4.15. The summed E-state index contributed by atoms with van der Waals surface area (Å²) >= 11 is 0. The van der Waals surface area contributed by atoms with Gasteiger partial charge < -0.3 is 25.6 Å². The summed E-state index contributed by atoms with van der Waals surface area (Å²) in [6.07, 6.45) is 4.33. The van der Waals surface area contributed by atoms with Gasteiger partial charge in [0.25, 0.3) is 5.91 Å². The van der Waals surface area contributed by atoms with Crippen molar-refractivity contribution in [2.24, 2.45) is 0 Å². The minimum atomic E-state index is -0.342. The molecular formula is C24H30N4O3. The first kappa shape index (κ1) is 21.2. The van der Waals surface area contributed by atoms with Crippen LogP contribution in [0.25, 0.3) is 0 Å². The van der Waals surface area contributed by atoms with Crippen LogP contribution < -0.4 is 20.9 Å². The zero-order valence-corrected chi connectivity index (χ0v) is 17.9. The normalized spacial score (nSPS) is 18.1. The van der Waals surface area contributed by atoms with E-state index in [1.807, 2.05) is 43.3 Å². The first-order chi connectivity index (χ1) is 15.1. The molecule has 0 bridgehead atoms. The lowest BCUT2D eigenvalue weighted by atomic mass is 10.1. The minimum absolute atomic E-state index is 0.0839. The zero-order chi connectivity index (χ0) is 21.6. The van der Waals surface area contributed by atoms with Crippen molar-refractivity contribution >= 4 is 29.0 Å². The van der Waals surface area contributed by atoms with Crippen molar-refractivity contribution in [1.82, 2.24) is 5.32 Å². The zero-order valence-electron chi connectivity index (χ0n) is 17.9. The van der Waals surface area contributed by atoms with Crippen LogP contribution in [0, 0.1) is 6.92 Å². The Morgan fingerprint density at radius 1 is 1.03 bits per heavy atom. The number of nitrogens with zero attached hydrogens (tertiary/aromatic N) is 1. The average Bonchev–Trinajstić information content (AvgIpc) is 3.46. The summed E-state index contributed by atoms with van der Waals surface area (Å²) in [4.78, 5) is 27.7. The Hall–Kier alpha value is -3.06. The lowest BCUT2D eigenvalue weighted by molar-refractivity contribution is 0.0858. The molecule has 7 nitrogen and oxygen atoms in total. The van der Waals surface area contributed by atoms with Crippen LogP contribution >= 0.6 is 0 Å². The highest BCUT2D eigenvalue weighted by atomic mass is 16.5. The number of amides is 3. The predicted molar refractivity (Wildman–Crippen MR) is 123 cm³/mol. The van der Waals surface area contributed by atoms with E-state index >= 15 is 0 Å². The Kier molecular flexibility index (Phi) is 6.72. The van der Waals surface area contributed by atoms with Gasteiger partial charge in [-0.25, -0.2) is 4.79 Å². The number of hydrogen-bond donors (Lipinski definition) is 3. The fraction of sp³-hybridized carbons (Fsp3) is 0.417. The summed E-state index contributed by atoms with van der Waals surface area (Å²) in [7, 11) is 0. The van der Waals surface area contributed by atoms with Crippen LogP contribution in [0.3, 0.4) is 0 Å². The number of urea groups is 1. The lowest BCUT2D eigenvalue weighted by Gasteiger charge is -2.22. The Bertz CT molecular complexity index is 934. The molecule has 0 saturated carbocycles. The van der Waals surface area contributed by atoms with Crippen molar-refractivity contribution in [3.05, 3.63) is 53.6 Å². The molecule has 164 valence electrons. The SMILES string of the molecule is Cc1cccc(NC(=O)Nc2ccc(N3CCCC3)c(C(=O)NCC3CCCO3)c2)c1. The molecule has 2 aromatic rings. The predicted octanol–water partition coefficient (Wildman–Crippen LogP) is 4.15. The van der Waals surface area contributed by atoms with Crippen LogP contribution in [0.1, 0.15) is 41.6 Å². The van der Waals surface area contributed by atoms with Crippen molar-refractivity contribution in [3.8, 4) is 0 Å². The summed E-state index contributed by atoms with van der Waals surface area (Å²) in [6, 6.07) is 12.8. The van der Waals surface area contributed by atoms with Crippen molar-refractivity contribution in [1.29, 1.82) is 0 Å². The summed E-state index contributed by atoms with van der Waals surface area (Å²) in [5.74, 6) is -0.139. The molecule has 7 heteroatoms. The first-order valence-corrected chi connectivity index (χ1v) is 11.0. The molecule has 0 spiro atoms. The van der Waals surface area contributed by atoms with Gasteiger partial charge in [-0.05, 0) is 68.5 Å². The summed E-state index contributed by atoms with van der Waals surface area (Å²) in [5.41, 5.74) is 3.86. The average molecular weight is 423 g/mol. The van der Waals surface area contributed by atoms with Gasteiger partial charge in [-0.2, -0.15) is 0 Å². The van der Waals surface area contributed by atoms with Crippen LogP contribution in [-0.4, -0.2) is 44.3 Å². The lowest BCUT2D eigenvalue weighted by Crippen LogP contribution is -2.33. The van der Waals surface area contributed by atoms with E-state index < -0.39 is 0 Å². The number of carbonyl (C=O) groups is 2. The Balaban J connectivity index is 1.48.